The largest absolute Gasteiger partial charge is 0.292 e. The van der Waals surface area contributed by atoms with E-state index < -0.39 is 5.82 Å². The Bertz CT molecular complexity index is 598. The quantitative estimate of drug-likeness (QED) is 0.792. The molecule has 0 radical (unpaired) electrons. The molecule has 0 amide bonds. The van der Waals surface area contributed by atoms with Crippen LogP contribution in [0.5, 0.6) is 0 Å². The van der Waals surface area contributed by atoms with Crippen molar-refractivity contribution in [3.63, 3.8) is 0 Å². The molecular weight excluding hydrogens is 253 g/mol. The van der Waals surface area contributed by atoms with Crippen LogP contribution in [0.1, 0.15) is 21.7 Å². The third kappa shape index (κ3) is 2.93. The predicted molar refractivity (Wildman–Crippen MR) is 68.4 cm³/mol. The Balaban J connectivity index is 2.24. The van der Waals surface area contributed by atoms with Gasteiger partial charge in [0.25, 0.3) is 0 Å². The highest BCUT2D eigenvalue weighted by Crippen LogP contribution is 2.18. The molecule has 2 nitrogen and oxygen atoms in total. The molecule has 0 aliphatic heterocycles. The molecule has 0 N–H and O–H groups in total. The normalized spacial score (nSPS) is 10.4. The van der Waals surface area contributed by atoms with Gasteiger partial charge in [-0.2, -0.15) is 0 Å². The van der Waals surface area contributed by atoms with Crippen molar-refractivity contribution in [1.82, 2.24) is 4.98 Å². The van der Waals surface area contributed by atoms with Gasteiger partial charge in [0.2, 0.25) is 0 Å². The van der Waals surface area contributed by atoms with Crippen molar-refractivity contribution in [1.29, 1.82) is 0 Å². The lowest BCUT2D eigenvalue weighted by atomic mass is 10.1. The molecule has 0 saturated heterocycles. The van der Waals surface area contributed by atoms with Crippen molar-refractivity contribution in [2.45, 2.75) is 13.3 Å². The van der Waals surface area contributed by atoms with Gasteiger partial charge in [0, 0.05) is 17.1 Å². The second-order valence-corrected chi connectivity index (χ2v) is 4.41. The molecule has 0 unspecified atom stereocenters. The molecule has 0 bridgehead atoms. The smallest absolute Gasteiger partial charge is 0.185 e. The number of hydrogen-bond acceptors (Lipinski definition) is 2. The average Bonchev–Trinajstić information content (AvgIpc) is 2.34. The first kappa shape index (κ1) is 12.7. The van der Waals surface area contributed by atoms with E-state index in [0.29, 0.717) is 16.3 Å². The maximum atomic E-state index is 13.1. The molecule has 4 heteroatoms. The van der Waals surface area contributed by atoms with Crippen LogP contribution in [0.3, 0.4) is 0 Å². The fourth-order valence-electron chi connectivity index (χ4n) is 1.64. The summed E-state index contributed by atoms with van der Waals surface area (Å²) >= 11 is 5.92. The van der Waals surface area contributed by atoms with Crippen molar-refractivity contribution in [3.05, 3.63) is 64.2 Å². The van der Waals surface area contributed by atoms with Crippen molar-refractivity contribution in [3.8, 4) is 0 Å². The SMILES string of the molecule is Cc1cccc(C(=O)Cc2cc(F)ccc2Cl)n1. The van der Waals surface area contributed by atoms with Gasteiger partial charge in [-0.3, -0.25) is 9.78 Å². The molecule has 0 spiro atoms. The molecule has 1 aromatic heterocycles. The van der Waals surface area contributed by atoms with Gasteiger partial charge in [-0.1, -0.05) is 17.7 Å². The minimum absolute atomic E-state index is 0.0487. The Kier molecular flexibility index (Phi) is 3.72. The van der Waals surface area contributed by atoms with Crippen LogP contribution < -0.4 is 0 Å². The summed E-state index contributed by atoms with van der Waals surface area (Å²) in [5, 5.41) is 0.386. The molecule has 0 saturated carbocycles. The highest BCUT2D eigenvalue weighted by Gasteiger charge is 2.11. The van der Waals surface area contributed by atoms with Crippen LogP contribution >= 0.6 is 11.6 Å². The average molecular weight is 264 g/mol. The van der Waals surface area contributed by atoms with Gasteiger partial charge in [-0.25, -0.2) is 4.39 Å². The summed E-state index contributed by atoms with van der Waals surface area (Å²) in [4.78, 5) is 16.1. The summed E-state index contributed by atoms with van der Waals surface area (Å²) in [6.45, 7) is 1.81. The summed E-state index contributed by atoms with van der Waals surface area (Å²) in [5.74, 6) is -0.578. The number of carbonyl (C=O) groups is 1. The Morgan fingerprint density at radius 1 is 1.33 bits per heavy atom. The highest BCUT2D eigenvalue weighted by molar-refractivity contribution is 6.31. The van der Waals surface area contributed by atoms with E-state index in [-0.39, 0.29) is 12.2 Å². The minimum Gasteiger partial charge on any atom is -0.292 e. The van der Waals surface area contributed by atoms with Crippen LogP contribution in [-0.4, -0.2) is 10.8 Å². The Hall–Kier alpha value is -1.74. The van der Waals surface area contributed by atoms with Gasteiger partial charge in [0.1, 0.15) is 11.5 Å². The maximum absolute atomic E-state index is 13.1. The number of ketones is 1. The van der Waals surface area contributed by atoms with E-state index in [0.717, 1.165) is 5.69 Å². The van der Waals surface area contributed by atoms with E-state index in [2.05, 4.69) is 4.98 Å². The highest BCUT2D eigenvalue weighted by atomic mass is 35.5. The van der Waals surface area contributed by atoms with Crippen molar-refractivity contribution >= 4 is 17.4 Å². The third-order valence-corrected chi connectivity index (χ3v) is 2.90. The molecule has 1 aromatic carbocycles. The standard InChI is InChI=1S/C14H11ClFNO/c1-9-3-2-4-13(17-9)14(18)8-10-7-11(16)5-6-12(10)15/h2-7H,8H2,1H3. The lowest BCUT2D eigenvalue weighted by Gasteiger charge is -2.04. The van der Waals surface area contributed by atoms with Crippen molar-refractivity contribution < 1.29 is 9.18 Å². The van der Waals surface area contributed by atoms with Gasteiger partial charge in [-0.05, 0) is 42.8 Å². The number of benzene rings is 1. The number of halogens is 2. The zero-order chi connectivity index (χ0) is 13.1. The van der Waals surface area contributed by atoms with Gasteiger partial charge in [0.15, 0.2) is 5.78 Å². The zero-order valence-electron chi connectivity index (χ0n) is 9.78. The summed E-state index contributed by atoms with van der Waals surface area (Å²) < 4.78 is 13.1. The fourth-order valence-corrected chi connectivity index (χ4v) is 1.83. The molecule has 0 aliphatic carbocycles. The second-order valence-electron chi connectivity index (χ2n) is 4.00. The Morgan fingerprint density at radius 2 is 2.11 bits per heavy atom. The second kappa shape index (κ2) is 5.27. The Morgan fingerprint density at radius 3 is 2.83 bits per heavy atom. The first-order valence-corrected chi connectivity index (χ1v) is 5.85. The van der Waals surface area contributed by atoms with Crippen LogP contribution in [0.25, 0.3) is 0 Å². The first-order chi connectivity index (χ1) is 8.56. The predicted octanol–water partition coefficient (Wildman–Crippen LogP) is 3.61. The summed E-state index contributed by atoms with van der Waals surface area (Å²) in [7, 11) is 0. The molecule has 18 heavy (non-hydrogen) atoms. The molecule has 2 rings (SSSR count). The van der Waals surface area contributed by atoms with E-state index in [9.17, 15) is 9.18 Å². The molecule has 0 aliphatic rings. The fraction of sp³-hybridized carbons (Fsp3) is 0.143. The number of aryl methyl sites for hydroxylation is 1. The number of aromatic nitrogens is 1. The molecule has 2 aromatic rings. The van der Waals surface area contributed by atoms with Crippen LogP contribution in [-0.2, 0) is 6.42 Å². The van der Waals surface area contributed by atoms with E-state index in [4.69, 9.17) is 11.6 Å². The van der Waals surface area contributed by atoms with E-state index in [1.54, 1.807) is 12.1 Å². The van der Waals surface area contributed by atoms with Crippen LogP contribution in [0.15, 0.2) is 36.4 Å². The number of nitrogens with zero attached hydrogens (tertiary/aromatic N) is 1. The lowest BCUT2D eigenvalue weighted by Crippen LogP contribution is -2.07. The first-order valence-electron chi connectivity index (χ1n) is 5.47. The third-order valence-electron chi connectivity index (χ3n) is 2.53. The van der Waals surface area contributed by atoms with Crippen molar-refractivity contribution in [2.75, 3.05) is 0 Å². The zero-order valence-corrected chi connectivity index (χ0v) is 10.5. The van der Waals surface area contributed by atoms with Gasteiger partial charge < -0.3 is 0 Å². The maximum Gasteiger partial charge on any atom is 0.185 e. The lowest BCUT2D eigenvalue weighted by molar-refractivity contribution is 0.0988. The Labute approximate surface area is 109 Å². The summed E-state index contributed by atoms with van der Waals surface area (Å²) in [6, 6.07) is 9.21. The number of pyridine rings is 1. The summed E-state index contributed by atoms with van der Waals surface area (Å²) in [5.41, 5.74) is 1.62. The summed E-state index contributed by atoms with van der Waals surface area (Å²) in [6.07, 6.45) is 0.0487. The van der Waals surface area contributed by atoms with Crippen LogP contribution in [0.4, 0.5) is 4.39 Å². The van der Waals surface area contributed by atoms with Crippen molar-refractivity contribution in [2.24, 2.45) is 0 Å². The number of hydrogen-bond donors (Lipinski definition) is 0. The topological polar surface area (TPSA) is 30.0 Å². The molecule has 92 valence electrons. The molecular formula is C14H11ClFNO. The van der Waals surface area contributed by atoms with E-state index in [1.165, 1.54) is 18.2 Å². The molecule has 0 atom stereocenters. The van der Waals surface area contributed by atoms with E-state index in [1.807, 2.05) is 13.0 Å². The molecule has 1 heterocycles. The van der Waals surface area contributed by atoms with E-state index >= 15 is 0 Å². The number of rotatable bonds is 3. The number of carbonyl (C=O) groups excluding carboxylic acids is 1. The number of Topliss-reactive ketones (excluding diaryl/α,β-unsaturated/α-hetero) is 1. The van der Waals surface area contributed by atoms with Gasteiger partial charge in [-0.15, -0.1) is 0 Å². The van der Waals surface area contributed by atoms with Crippen LogP contribution in [0, 0.1) is 12.7 Å². The van der Waals surface area contributed by atoms with Gasteiger partial charge in [0.05, 0.1) is 0 Å². The molecule has 0 fully saturated rings. The minimum atomic E-state index is -0.403. The van der Waals surface area contributed by atoms with Gasteiger partial charge >= 0.3 is 0 Å². The monoisotopic (exact) mass is 263 g/mol. The van der Waals surface area contributed by atoms with Crippen LogP contribution in [0.2, 0.25) is 5.02 Å².